The van der Waals surface area contributed by atoms with Crippen LogP contribution in [0.1, 0.15) is 45.1 Å². The van der Waals surface area contributed by atoms with E-state index in [2.05, 4.69) is 19.2 Å². The summed E-state index contributed by atoms with van der Waals surface area (Å²) in [7, 11) is 1.63. The summed E-state index contributed by atoms with van der Waals surface area (Å²) in [6.45, 7) is 6.83. The highest BCUT2D eigenvalue weighted by atomic mass is 16.5. The van der Waals surface area contributed by atoms with Crippen LogP contribution in [0, 0.1) is 18.8 Å². The first-order chi connectivity index (χ1) is 11.0. The lowest BCUT2D eigenvalue weighted by Crippen LogP contribution is -2.46. The normalized spacial score (nSPS) is 24.1. The fourth-order valence-electron chi connectivity index (χ4n) is 3.37. The van der Waals surface area contributed by atoms with Crippen LogP contribution < -0.4 is 14.8 Å². The average molecular weight is 319 g/mol. The fraction of sp³-hybridized carbons (Fsp3) is 0.632. The molecule has 1 aromatic rings. The van der Waals surface area contributed by atoms with E-state index in [0.717, 1.165) is 5.56 Å². The molecule has 2 atom stereocenters. The van der Waals surface area contributed by atoms with E-state index in [0.29, 0.717) is 42.4 Å². The molecular formula is C19H29NO3. The molecule has 2 rings (SSSR count). The standard InChI is InChI=1S/C19H29NO3/c1-13-8-9-16(17(12-13)22-4)23-11-10-18(21)20-19-14(2)6-5-7-15(19)3/h8-9,12,14-15,19H,5-7,10-11H2,1-4H3,(H,20,21). The van der Waals surface area contributed by atoms with E-state index in [1.54, 1.807) is 7.11 Å². The first-order valence-electron chi connectivity index (χ1n) is 8.58. The Morgan fingerprint density at radius 3 is 2.57 bits per heavy atom. The van der Waals surface area contributed by atoms with Crippen molar-refractivity contribution < 1.29 is 14.3 Å². The number of rotatable bonds is 6. The van der Waals surface area contributed by atoms with Crippen molar-refractivity contribution in [2.45, 2.75) is 52.5 Å². The predicted octanol–water partition coefficient (Wildman–Crippen LogP) is 3.71. The van der Waals surface area contributed by atoms with Gasteiger partial charge >= 0.3 is 0 Å². The molecule has 1 amide bonds. The second-order valence-corrected chi connectivity index (χ2v) is 6.73. The minimum atomic E-state index is 0.0710. The summed E-state index contributed by atoms with van der Waals surface area (Å²) in [5, 5.41) is 3.19. The summed E-state index contributed by atoms with van der Waals surface area (Å²) in [5.41, 5.74) is 1.12. The topological polar surface area (TPSA) is 47.6 Å². The zero-order valence-corrected chi connectivity index (χ0v) is 14.7. The zero-order valence-electron chi connectivity index (χ0n) is 14.7. The number of carbonyl (C=O) groups excluding carboxylic acids is 1. The number of nitrogens with one attached hydrogen (secondary N) is 1. The molecule has 4 heteroatoms. The van der Waals surface area contributed by atoms with Crippen LogP contribution in [0.3, 0.4) is 0 Å². The molecule has 0 saturated heterocycles. The molecule has 0 spiro atoms. The number of amides is 1. The maximum absolute atomic E-state index is 12.2. The van der Waals surface area contributed by atoms with Crippen molar-refractivity contribution in [2.75, 3.05) is 13.7 Å². The minimum Gasteiger partial charge on any atom is -0.493 e. The van der Waals surface area contributed by atoms with Gasteiger partial charge in [-0.25, -0.2) is 0 Å². The molecule has 0 bridgehead atoms. The van der Waals surface area contributed by atoms with E-state index in [1.165, 1.54) is 19.3 Å². The van der Waals surface area contributed by atoms with Gasteiger partial charge in [0.25, 0.3) is 0 Å². The second-order valence-electron chi connectivity index (χ2n) is 6.73. The monoisotopic (exact) mass is 319 g/mol. The van der Waals surface area contributed by atoms with Crippen LogP contribution in [-0.4, -0.2) is 25.7 Å². The van der Waals surface area contributed by atoms with E-state index in [1.807, 2.05) is 25.1 Å². The molecule has 0 aliphatic heterocycles. The summed E-state index contributed by atoms with van der Waals surface area (Å²) in [5.74, 6) is 2.58. The zero-order chi connectivity index (χ0) is 16.8. The number of hydrogen-bond acceptors (Lipinski definition) is 3. The van der Waals surface area contributed by atoms with Crippen molar-refractivity contribution in [1.82, 2.24) is 5.32 Å². The molecule has 0 aromatic heterocycles. The number of hydrogen-bond donors (Lipinski definition) is 1. The van der Waals surface area contributed by atoms with Crippen LogP contribution in [0.15, 0.2) is 18.2 Å². The molecule has 1 N–H and O–H groups in total. The first kappa shape index (κ1) is 17.6. The largest absolute Gasteiger partial charge is 0.493 e. The SMILES string of the molecule is COc1cc(C)ccc1OCCC(=O)NC1C(C)CCCC1C. The highest BCUT2D eigenvalue weighted by Gasteiger charge is 2.28. The van der Waals surface area contributed by atoms with Crippen molar-refractivity contribution in [3.05, 3.63) is 23.8 Å². The van der Waals surface area contributed by atoms with Gasteiger partial charge in [0, 0.05) is 6.04 Å². The van der Waals surface area contributed by atoms with Crippen LogP contribution in [0.2, 0.25) is 0 Å². The minimum absolute atomic E-state index is 0.0710. The van der Waals surface area contributed by atoms with Gasteiger partial charge in [-0.05, 0) is 49.3 Å². The third-order valence-corrected chi connectivity index (χ3v) is 4.78. The lowest BCUT2D eigenvalue weighted by Gasteiger charge is -2.35. The van der Waals surface area contributed by atoms with E-state index in [4.69, 9.17) is 9.47 Å². The van der Waals surface area contributed by atoms with Gasteiger partial charge in [-0.15, -0.1) is 0 Å². The molecule has 23 heavy (non-hydrogen) atoms. The van der Waals surface area contributed by atoms with Crippen LogP contribution in [-0.2, 0) is 4.79 Å². The maximum Gasteiger partial charge on any atom is 0.223 e. The smallest absolute Gasteiger partial charge is 0.223 e. The summed E-state index contributed by atoms with van der Waals surface area (Å²) in [6.07, 6.45) is 4.04. The third kappa shape index (κ3) is 4.88. The van der Waals surface area contributed by atoms with E-state index in [9.17, 15) is 4.79 Å². The molecule has 2 unspecified atom stereocenters. The Labute approximate surface area is 139 Å². The number of benzene rings is 1. The molecule has 128 valence electrons. The molecule has 1 fully saturated rings. The van der Waals surface area contributed by atoms with Gasteiger partial charge in [-0.3, -0.25) is 4.79 Å². The van der Waals surface area contributed by atoms with Gasteiger partial charge in [-0.1, -0.05) is 26.3 Å². The molecule has 1 saturated carbocycles. The Balaban J connectivity index is 1.81. The second kappa shape index (κ2) is 8.23. The van der Waals surface area contributed by atoms with Crippen molar-refractivity contribution in [3.63, 3.8) is 0 Å². The predicted molar refractivity (Wildman–Crippen MR) is 92.0 cm³/mol. The summed E-state index contributed by atoms with van der Waals surface area (Å²) in [6, 6.07) is 6.09. The number of ether oxygens (including phenoxy) is 2. The molecule has 1 aliphatic carbocycles. The Morgan fingerprint density at radius 2 is 1.91 bits per heavy atom. The quantitative estimate of drug-likeness (QED) is 0.869. The number of aryl methyl sites for hydroxylation is 1. The van der Waals surface area contributed by atoms with E-state index in [-0.39, 0.29) is 5.91 Å². The van der Waals surface area contributed by atoms with Crippen molar-refractivity contribution in [2.24, 2.45) is 11.8 Å². The van der Waals surface area contributed by atoms with Gasteiger partial charge in [0.1, 0.15) is 0 Å². The van der Waals surface area contributed by atoms with Crippen molar-refractivity contribution >= 4 is 5.91 Å². The van der Waals surface area contributed by atoms with Crippen LogP contribution in [0.5, 0.6) is 11.5 Å². The summed E-state index contributed by atoms with van der Waals surface area (Å²) >= 11 is 0. The van der Waals surface area contributed by atoms with Crippen LogP contribution in [0.4, 0.5) is 0 Å². The van der Waals surface area contributed by atoms with Gasteiger partial charge in [-0.2, -0.15) is 0 Å². The summed E-state index contributed by atoms with van der Waals surface area (Å²) < 4.78 is 11.0. The lowest BCUT2D eigenvalue weighted by molar-refractivity contribution is -0.123. The Morgan fingerprint density at radius 1 is 1.22 bits per heavy atom. The Hall–Kier alpha value is -1.71. The van der Waals surface area contributed by atoms with Crippen molar-refractivity contribution in [1.29, 1.82) is 0 Å². The highest BCUT2D eigenvalue weighted by molar-refractivity contribution is 5.76. The molecule has 0 radical (unpaired) electrons. The van der Waals surface area contributed by atoms with Gasteiger partial charge in [0.05, 0.1) is 20.1 Å². The van der Waals surface area contributed by atoms with E-state index < -0.39 is 0 Å². The van der Waals surface area contributed by atoms with Crippen LogP contribution >= 0.6 is 0 Å². The highest BCUT2D eigenvalue weighted by Crippen LogP contribution is 2.29. The van der Waals surface area contributed by atoms with Gasteiger partial charge in [0.15, 0.2) is 11.5 Å². The molecule has 1 aliphatic rings. The first-order valence-corrected chi connectivity index (χ1v) is 8.58. The van der Waals surface area contributed by atoms with Gasteiger partial charge in [0.2, 0.25) is 5.91 Å². The Bertz CT molecular complexity index is 519. The summed E-state index contributed by atoms with van der Waals surface area (Å²) in [4.78, 5) is 12.2. The Kier molecular flexibility index (Phi) is 6.31. The number of carbonyl (C=O) groups is 1. The lowest BCUT2D eigenvalue weighted by atomic mass is 9.78. The fourth-order valence-corrected chi connectivity index (χ4v) is 3.37. The van der Waals surface area contributed by atoms with Crippen LogP contribution in [0.25, 0.3) is 0 Å². The van der Waals surface area contributed by atoms with E-state index >= 15 is 0 Å². The third-order valence-electron chi connectivity index (χ3n) is 4.78. The number of methoxy groups -OCH3 is 1. The molecule has 1 aromatic carbocycles. The average Bonchev–Trinajstić information content (AvgIpc) is 2.52. The molecule has 0 heterocycles. The van der Waals surface area contributed by atoms with Gasteiger partial charge < -0.3 is 14.8 Å². The maximum atomic E-state index is 12.2. The van der Waals surface area contributed by atoms with Crippen molar-refractivity contribution in [3.8, 4) is 11.5 Å². The molecular weight excluding hydrogens is 290 g/mol. The molecule has 4 nitrogen and oxygen atoms in total.